The summed E-state index contributed by atoms with van der Waals surface area (Å²) in [4.78, 5) is 0.0440. The smallest absolute Gasteiger partial charge is 0.207 e. The van der Waals surface area contributed by atoms with Crippen LogP contribution in [-0.2, 0) is 20.0 Å². The number of piperazine rings is 1. The molecular formula is C20H18ClFN2O4S2. The quantitative estimate of drug-likeness (QED) is 0.588. The fourth-order valence-electron chi connectivity index (χ4n) is 3.41. The van der Waals surface area contributed by atoms with Crippen molar-refractivity contribution in [3.05, 3.63) is 71.5 Å². The summed E-state index contributed by atoms with van der Waals surface area (Å²) in [5.41, 5.74) is 0. The molecule has 0 amide bonds. The van der Waals surface area contributed by atoms with Gasteiger partial charge in [0, 0.05) is 26.2 Å². The number of benzene rings is 3. The molecule has 0 atom stereocenters. The Morgan fingerprint density at radius 1 is 0.700 bits per heavy atom. The van der Waals surface area contributed by atoms with E-state index in [4.69, 9.17) is 11.6 Å². The van der Waals surface area contributed by atoms with Crippen LogP contribution in [0.1, 0.15) is 0 Å². The fourth-order valence-corrected chi connectivity index (χ4v) is 6.57. The van der Waals surface area contributed by atoms with Crippen LogP contribution in [0.15, 0.2) is 70.5 Å². The van der Waals surface area contributed by atoms with Crippen LogP contribution in [0, 0.1) is 5.82 Å². The monoisotopic (exact) mass is 468 g/mol. The Hall–Kier alpha value is -2.04. The number of rotatable bonds is 4. The molecule has 1 saturated heterocycles. The van der Waals surface area contributed by atoms with Gasteiger partial charge in [0.25, 0.3) is 0 Å². The van der Waals surface area contributed by atoms with E-state index in [-0.39, 0.29) is 41.0 Å². The lowest BCUT2D eigenvalue weighted by atomic mass is 10.1. The minimum absolute atomic E-state index is 0.00978. The highest BCUT2D eigenvalue weighted by molar-refractivity contribution is 7.89. The molecule has 0 radical (unpaired) electrons. The van der Waals surface area contributed by atoms with Gasteiger partial charge in [0.2, 0.25) is 20.0 Å². The fraction of sp³-hybridized carbons (Fsp3) is 0.200. The van der Waals surface area contributed by atoms with Gasteiger partial charge in [-0.15, -0.1) is 0 Å². The van der Waals surface area contributed by atoms with E-state index in [1.807, 2.05) is 24.3 Å². The van der Waals surface area contributed by atoms with Gasteiger partial charge in [0.05, 0.1) is 14.8 Å². The lowest BCUT2D eigenvalue weighted by Crippen LogP contribution is -2.50. The number of sulfonamides is 2. The van der Waals surface area contributed by atoms with Crippen molar-refractivity contribution in [1.29, 1.82) is 0 Å². The summed E-state index contributed by atoms with van der Waals surface area (Å²) < 4.78 is 67.5. The Balaban J connectivity index is 1.53. The van der Waals surface area contributed by atoms with Crippen LogP contribution in [0.3, 0.4) is 0 Å². The second-order valence-electron chi connectivity index (χ2n) is 6.89. The number of fused-ring (bicyclic) bond motifs is 1. The Kier molecular flexibility index (Phi) is 5.58. The third kappa shape index (κ3) is 3.83. The number of hydrogen-bond acceptors (Lipinski definition) is 4. The van der Waals surface area contributed by atoms with Crippen LogP contribution in [0.2, 0.25) is 5.02 Å². The molecule has 6 nitrogen and oxygen atoms in total. The normalized spacial score (nSPS) is 16.7. The highest BCUT2D eigenvalue weighted by Gasteiger charge is 2.34. The number of hydrogen-bond donors (Lipinski definition) is 0. The lowest BCUT2D eigenvalue weighted by molar-refractivity contribution is 0.273. The molecule has 0 N–H and O–H groups in total. The van der Waals surface area contributed by atoms with Crippen LogP contribution in [-0.4, -0.2) is 51.6 Å². The van der Waals surface area contributed by atoms with Crippen LogP contribution < -0.4 is 0 Å². The molecule has 3 aromatic rings. The first-order chi connectivity index (χ1) is 14.2. The molecule has 0 bridgehead atoms. The van der Waals surface area contributed by atoms with Crippen molar-refractivity contribution in [2.24, 2.45) is 0 Å². The van der Waals surface area contributed by atoms with Crippen molar-refractivity contribution >= 4 is 42.4 Å². The molecule has 158 valence electrons. The zero-order valence-corrected chi connectivity index (χ0v) is 18.1. The average molecular weight is 469 g/mol. The maximum atomic E-state index is 13.4. The Morgan fingerprint density at radius 3 is 1.77 bits per heavy atom. The van der Waals surface area contributed by atoms with Crippen molar-refractivity contribution in [2.45, 2.75) is 9.79 Å². The third-order valence-corrected chi connectivity index (χ3v) is 9.16. The Bertz CT molecular complexity index is 1320. The molecule has 0 spiro atoms. The first kappa shape index (κ1) is 21.2. The first-order valence-electron chi connectivity index (χ1n) is 9.14. The molecule has 4 rings (SSSR count). The van der Waals surface area contributed by atoms with Gasteiger partial charge < -0.3 is 0 Å². The standard InChI is InChI=1S/C20H18ClFN2O4S2/c21-19-14-18(7-8-20(19)22)30(27,28)24-11-9-23(10-12-24)29(25,26)17-6-5-15-3-1-2-4-16(15)13-17/h1-8,13-14H,9-12H2. The minimum atomic E-state index is -3.90. The molecule has 0 unspecified atom stereocenters. The maximum Gasteiger partial charge on any atom is 0.243 e. The van der Waals surface area contributed by atoms with E-state index < -0.39 is 25.9 Å². The number of halogens is 2. The van der Waals surface area contributed by atoms with E-state index >= 15 is 0 Å². The van der Waals surface area contributed by atoms with Crippen LogP contribution in [0.4, 0.5) is 4.39 Å². The summed E-state index contributed by atoms with van der Waals surface area (Å²) >= 11 is 5.71. The van der Waals surface area contributed by atoms with Crippen LogP contribution in [0.25, 0.3) is 10.8 Å². The predicted octanol–water partition coefficient (Wildman–Crippen LogP) is 3.33. The minimum Gasteiger partial charge on any atom is -0.207 e. The molecule has 3 aromatic carbocycles. The molecule has 0 aromatic heterocycles. The van der Waals surface area contributed by atoms with Gasteiger partial charge >= 0.3 is 0 Å². The second kappa shape index (κ2) is 7.90. The molecular weight excluding hydrogens is 451 g/mol. The Morgan fingerprint density at radius 2 is 1.20 bits per heavy atom. The van der Waals surface area contributed by atoms with Gasteiger partial charge in [0.15, 0.2) is 0 Å². The zero-order chi connectivity index (χ0) is 21.5. The highest BCUT2D eigenvalue weighted by Crippen LogP contribution is 2.26. The van der Waals surface area contributed by atoms with Crippen molar-refractivity contribution in [1.82, 2.24) is 8.61 Å². The summed E-state index contributed by atoms with van der Waals surface area (Å²) in [5, 5.41) is 1.46. The van der Waals surface area contributed by atoms with Gasteiger partial charge in [-0.3, -0.25) is 0 Å². The van der Waals surface area contributed by atoms with Crippen molar-refractivity contribution in [3.8, 4) is 0 Å². The molecule has 10 heteroatoms. The summed E-state index contributed by atoms with van der Waals surface area (Å²) in [7, 11) is -7.66. The van der Waals surface area contributed by atoms with E-state index in [0.717, 1.165) is 29.0 Å². The van der Waals surface area contributed by atoms with Gasteiger partial charge in [0.1, 0.15) is 5.82 Å². The van der Waals surface area contributed by atoms with Crippen LogP contribution >= 0.6 is 11.6 Å². The summed E-state index contributed by atoms with van der Waals surface area (Å²) in [6, 6.07) is 15.6. The maximum absolute atomic E-state index is 13.4. The van der Waals surface area contributed by atoms with Gasteiger partial charge in [-0.2, -0.15) is 8.61 Å². The second-order valence-corrected chi connectivity index (χ2v) is 11.2. The molecule has 0 aliphatic carbocycles. The zero-order valence-electron chi connectivity index (χ0n) is 15.7. The summed E-state index contributed by atoms with van der Waals surface area (Å²) in [5.74, 6) is -0.707. The number of nitrogens with zero attached hydrogens (tertiary/aromatic N) is 2. The topological polar surface area (TPSA) is 74.8 Å². The molecule has 0 saturated carbocycles. The molecule has 1 aliphatic heterocycles. The van der Waals surface area contributed by atoms with Crippen LogP contribution in [0.5, 0.6) is 0 Å². The first-order valence-corrected chi connectivity index (χ1v) is 12.4. The van der Waals surface area contributed by atoms with E-state index in [1.165, 1.54) is 8.61 Å². The van der Waals surface area contributed by atoms with Crippen molar-refractivity contribution < 1.29 is 21.2 Å². The largest absolute Gasteiger partial charge is 0.243 e. The summed E-state index contributed by atoms with van der Waals surface area (Å²) in [6.45, 7) is 0.0148. The Labute approximate surface area is 179 Å². The van der Waals surface area contributed by atoms with E-state index in [1.54, 1.807) is 18.2 Å². The van der Waals surface area contributed by atoms with E-state index in [2.05, 4.69) is 0 Å². The molecule has 1 heterocycles. The van der Waals surface area contributed by atoms with Gasteiger partial charge in [-0.25, -0.2) is 21.2 Å². The average Bonchev–Trinajstić information content (AvgIpc) is 2.75. The summed E-state index contributed by atoms with van der Waals surface area (Å²) in [6.07, 6.45) is 0. The molecule has 30 heavy (non-hydrogen) atoms. The van der Waals surface area contributed by atoms with E-state index in [9.17, 15) is 21.2 Å². The van der Waals surface area contributed by atoms with Crippen molar-refractivity contribution in [2.75, 3.05) is 26.2 Å². The third-order valence-electron chi connectivity index (χ3n) is 5.09. The van der Waals surface area contributed by atoms with Gasteiger partial charge in [-0.05, 0) is 41.1 Å². The molecule has 1 aliphatic rings. The van der Waals surface area contributed by atoms with E-state index in [0.29, 0.717) is 0 Å². The van der Waals surface area contributed by atoms with Gasteiger partial charge in [-0.1, -0.05) is 41.9 Å². The van der Waals surface area contributed by atoms with Crippen molar-refractivity contribution in [3.63, 3.8) is 0 Å². The molecule has 1 fully saturated rings. The highest BCUT2D eigenvalue weighted by atomic mass is 35.5. The SMILES string of the molecule is O=S(=O)(c1ccc(F)c(Cl)c1)N1CCN(S(=O)(=O)c2ccc3ccccc3c2)CC1. The lowest BCUT2D eigenvalue weighted by Gasteiger charge is -2.33. The predicted molar refractivity (Wildman–Crippen MR) is 113 cm³/mol.